The Balaban J connectivity index is 2.58. The number of hydrogen-bond acceptors (Lipinski definition) is 5. The third-order valence-corrected chi connectivity index (χ3v) is 4.30. The molecule has 1 aromatic heterocycles. The van der Waals surface area contributed by atoms with Crippen LogP contribution in [0.3, 0.4) is 0 Å². The molecule has 0 radical (unpaired) electrons. The Hall–Kier alpha value is -1.19. The molecule has 1 aromatic rings. The lowest BCUT2D eigenvalue weighted by Gasteiger charge is -2.10. The number of guanidine groups is 1. The van der Waals surface area contributed by atoms with Crippen molar-refractivity contribution in [3.05, 3.63) is 15.6 Å². The summed E-state index contributed by atoms with van der Waals surface area (Å²) in [6.07, 6.45) is 0. The smallest absolute Gasteiger partial charge is 0.210 e. The van der Waals surface area contributed by atoms with Crippen LogP contribution in [0.2, 0.25) is 0 Å². The maximum Gasteiger partial charge on any atom is 0.210 e. The second kappa shape index (κ2) is 7.55. The van der Waals surface area contributed by atoms with Crippen LogP contribution in [0.5, 0.6) is 0 Å². The Morgan fingerprint density at radius 3 is 2.60 bits per heavy atom. The average molecular weight is 319 g/mol. The van der Waals surface area contributed by atoms with Gasteiger partial charge in [0, 0.05) is 18.0 Å². The van der Waals surface area contributed by atoms with Crippen LogP contribution < -0.4 is 15.8 Å². The Morgan fingerprint density at radius 1 is 1.40 bits per heavy atom. The number of aliphatic imine (C=N–C) groups is 1. The predicted molar refractivity (Wildman–Crippen MR) is 82.4 cm³/mol. The molecule has 0 amide bonds. The van der Waals surface area contributed by atoms with E-state index in [2.05, 4.69) is 20.6 Å². The summed E-state index contributed by atoms with van der Waals surface area (Å²) in [5, 5.41) is 11.8. The van der Waals surface area contributed by atoms with Gasteiger partial charge in [0.05, 0.1) is 18.0 Å². The number of rotatable bonds is 6. The van der Waals surface area contributed by atoms with Gasteiger partial charge in [-0.2, -0.15) is 0 Å². The number of nitrogens with zero attached hydrogens (tertiary/aromatic N) is 2. The van der Waals surface area contributed by atoms with E-state index in [0.717, 1.165) is 10.7 Å². The monoisotopic (exact) mass is 319 g/mol. The van der Waals surface area contributed by atoms with Crippen LogP contribution in [0, 0.1) is 13.8 Å². The Kier molecular flexibility index (Phi) is 6.37. The molecule has 0 fully saturated rings. The molecule has 1 rings (SSSR count). The van der Waals surface area contributed by atoms with Gasteiger partial charge < -0.3 is 10.6 Å². The highest BCUT2D eigenvalue weighted by Crippen LogP contribution is 2.16. The topological polar surface area (TPSA) is 109 Å². The molecule has 4 N–H and O–H groups in total. The molecule has 1 heterocycles. The van der Waals surface area contributed by atoms with Gasteiger partial charge in [0.15, 0.2) is 5.96 Å². The van der Waals surface area contributed by atoms with Crippen molar-refractivity contribution in [3.8, 4) is 0 Å². The van der Waals surface area contributed by atoms with E-state index in [9.17, 15) is 8.42 Å². The first-order valence-electron chi connectivity index (χ1n) is 6.27. The zero-order chi connectivity index (χ0) is 15.2. The van der Waals surface area contributed by atoms with Crippen LogP contribution in [0.1, 0.15) is 22.5 Å². The first-order valence-corrected chi connectivity index (χ1v) is 8.80. The molecule has 7 nitrogen and oxygen atoms in total. The largest absolute Gasteiger partial charge is 0.357 e. The molecule has 0 unspecified atom stereocenters. The van der Waals surface area contributed by atoms with Gasteiger partial charge in [0.2, 0.25) is 10.0 Å². The fraction of sp³-hybridized carbons (Fsp3) is 0.636. The lowest BCUT2D eigenvalue weighted by Crippen LogP contribution is -2.40. The molecule has 20 heavy (non-hydrogen) atoms. The second-order valence-corrected chi connectivity index (χ2v) is 7.26. The summed E-state index contributed by atoms with van der Waals surface area (Å²) in [5.41, 5.74) is 1.02. The molecular weight excluding hydrogens is 298 g/mol. The van der Waals surface area contributed by atoms with Gasteiger partial charge in [-0.05, 0) is 20.8 Å². The standard InChI is InChI=1S/C11H21N5O2S2/c1-4-13-11(14-5-6-20(12,17)18)15-7-10-16-8(2)9(3)19-10/h4-7H2,1-3H3,(H2,12,17,18)(H2,13,14,15). The van der Waals surface area contributed by atoms with Gasteiger partial charge in [-0.15, -0.1) is 11.3 Å². The third-order valence-electron chi connectivity index (χ3n) is 2.47. The van der Waals surface area contributed by atoms with Crippen molar-refractivity contribution >= 4 is 27.3 Å². The maximum absolute atomic E-state index is 10.9. The van der Waals surface area contributed by atoms with E-state index in [4.69, 9.17) is 5.14 Å². The average Bonchev–Trinajstić information content (AvgIpc) is 2.64. The van der Waals surface area contributed by atoms with Crippen molar-refractivity contribution in [1.29, 1.82) is 0 Å². The van der Waals surface area contributed by atoms with Crippen molar-refractivity contribution in [2.45, 2.75) is 27.3 Å². The van der Waals surface area contributed by atoms with Crippen LogP contribution in [-0.2, 0) is 16.6 Å². The molecule has 0 aliphatic rings. The van der Waals surface area contributed by atoms with Gasteiger partial charge in [0.25, 0.3) is 0 Å². The number of sulfonamides is 1. The van der Waals surface area contributed by atoms with Gasteiger partial charge >= 0.3 is 0 Å². The van der Waals surface area contributed by atoms with Crippen LogP contribution in [0.15, 0.2) is 4.99 Å². The van der Waals surface area contributed by atoms with E-state index < -0.39 is 10.0 Å². The number of hydrogen-bond donors (Lipinski definition) is 3. The highest BCUT2D eigenvalue weighted by molar-refractivity contribution is 7.89. The minimum absolute atomic E-state index is 0.132. The zero-order valence-electron chi connectivity index (χ0n) is 11.9. The summed E-state index contributed by atoms with van der Waals surface area (Å²) < 4.78 is 21.7. The molecule has 0 aromatic carbocycles. The predicted octanol–water partition coefficient (Wildman–Crippen LogP) is 0.104. The molecule has 0 bridgehead atoms. The molecule has 114 valence electrons. The van der Waals surface area contributed by atoms with Gasteiger partial charge in [-0.1, -0.05) is 0 Å². The quantitative estimate of drug-likeness (QED) is 0.509. The maximum atomic E-state index is 10.9. The van der Waals surface area contributed by atoms with E-state index >= 15 is 0 Å². The first kappa shape index (κ1) is 16.9. The van der Waals surface area contributed by atoms with Crippen molar-refractivity contribution in [2.75, 3.05) is 18.8 Å². The molecule has 0 saturated heterocycles. The zero-order valence-corrected chi connectivity index (χ0v) is 13.6. The SMILES string of the molecule is CCNC(=NCc1nc(C)c(C)s1)NCCS(N)(=O)=O. The Labute approximate surface area is 123 Å². The lowest BCUT2D eigenvalue weighted by atomic mass is 10.4. The first-order chi connectivity index (χ1) is 9.31. The van der Waals surface area contributed by atoms with Crippen LogP contribution in [0.4, 0.5) is 0 Å². The number of nitrogens with two attached hydrogens (primary N) is 1. The highest BCUT2D eigenvalue weighted by atomic mass is 32.2. The normalized spacial score (nSPS) is 12.5. The van der Waals surface area contributed by atoms with E-state index in [1.807, 2.05) is 20.8 Å². The second-order valence-electron chi connectivity index (χ2n) is 4.24. The molecule has 0 spiro atoms. The third kappa shape index (κ3) is 6.31. The van der Waals surface area contributed by atoms with Crippen LogP contribution in [0.25, 0.3) is 0 Å². The molecular formula is C11H21N5O2S2. The number of primary sulfonamides is 1. The fourth-order valence-corrected chi connectivity index (χ4v) is 2.65. The number of nitrogens with one attached hydrogen (secondary N) is 2. The Morgan fingerprint density at radius 2 is 2.10 bits per heavy atom. The van der Waals surface area contributed by atoms with E-state index in [1.54, 1.807) is 11.3 Å². The van der Waals surface area contributed by atoms with Crippen molar-refractivity contribution < 1.29 is 8.42 Å². The molecule has 0 aliphatic heterocycles. The molecule has 9 heteroatoms. The van der Waals surface area contributed by atoms with Gasteiger partial charge in [-0.25, -0.2) is 23.5 Å². The highest BCUT2D eigenvalue weighted by Gasteiger charge is 2.05. The van der Waals surface area contributed by atoms with Crippen molar-refractivity contribution in [2.24, 2.45) is 10.1 Å². The van der Waals surface area contributed by atoms with Gasteiger partial charge in [0.1, 0.15) is 5.01 Å². The Bertz CT molecular complexity index is 546. The summed E-state index contributed by atoms with van der Waals surface area (Å²) in [7, 11) is -3.46. The lowest BCUT2D eigenvalue weighted by molar-refractivity contribution is 0.596. The number of aryl methyl sites for hydroxylation is 2. The summed E-state index contributed by atoms with van der Waals surface area (Å²) in [5.74, 6) is 0.425. The fourth-order valence-electron chi connectivity index (χ4n) is 1.41. The molecule has 0 aliphatic carbocycles. The van der Waals surface area contributed by atoms with Gasteiger partial charge in [-0.3, -0.25) is 0 Å². The van der Waals surface area contributed by atoms with Crippen LogP contribution >= 0.6 is 11.3 Å². The molecule has 0 atom stereocenters. The minimum atomic E-state index is -3.46. The van der Waals surface area contributed by atoms with Crippen molar-refractivity contribution in [1.82, 2.24) is 15.6 Å². The summed E-state index contributed by atoms with van der Waals surface area (Å²) in [4.78, 5) is 9.95. The summed E-state index contributed by atoms with van der Waals surface area (Å²) >= 11 is 1.61. The van der Waals surface area contributed by atoms with Crippen molar-refractivity contribution in [3.63, 3.8) is 0 Å². The molecule has 0 saturated carbocycles. The minimum Gasteiger partial charge on any atom is -0.357 e. The summed E-state index contributed by atoms with van der Waals surface area (Å²) in [6, 6.07) is 0. The van der Waals surface area contributed by atoms with Crippen LogP contribution in [-0.4, -0.2) is 38.2 Å². The number of thiazole rings is 1. The van der Waals surface area contributed by atoms with E-state index in [1.165, 1.54) is 4.88 Å². The van der Waals surface area contributed by atoms with E-state index in [0.29, 0.717) is 19.0 Å². The summed E-state index contributed by atoms with van der Waals surface area (Å²) in [6.45, 7) is 7.31. The number of aromatic nitrogens is 1. The van der Waals surface area contributed by atoms with E-state index in [-0.39, 0.29) is 12.3 Å².